The molecule has 1 aliphatic heterocycles. The summed E-state index contributed by atoms with van der Waals surface area (Å²) in [6, 6.07) is 3.81. The molecule has 2 aliphatic rings. The maximum atomic E-state index is 12.9. The number of primary amides is 1. The monoisotopic (exact) mass is 344 g/mol. The summed E-state index contributed by atoms with van der Waals surface area (Å²) in [4.78, 5) is 27.0. The number of hydrogen-bond donors (Lipinski definition) is 2. The van der Waals surface area contributed by atoms with Gasteiger partial charge in [0.15, 0.2) is 0 Å². The first-order valence-corrected chi connectivity index (χ1v) is 9.23. The zero-order chi connectivity index (χ0) is 16.7. The minimum atomic E-state index is -0.533. The van der Waals surface area contributed by atoms with Gasteiger partial charge in [0.1, 0.15) is 5.69 Å². The molecule has 2 aromatic heterocycles. The summed E-state index contributed by atoms with van der Waals surface area (Å²) >= 11 is 1.55. The highest BCUT2D eigenvalue weighted by Crippen LogP contribution is 2.43. The molecule has 1 saturated heterocycles. The highest BCUT2D eigenvalue weighted by atomic mass is 32.1. The first-order chi connectivity index (χ1) is 11.6. The number of thiophene rings is 1. The number of likely N-dealkylation sites (tertiary alicyclic amines) is 1. The fourth-order valence-electron chi connectivity index (χ4n) is 3.44. The van der Waals surface area contributed by atoms with Gasteiger partial charge in [-0.15, -0.1) is 11.3 Å². The Hall–Kier alpha value is -2.15. The van der Waals surface area contributed by atoms with Crippen LogP contribution in [0.5, 0.6) is 0 Å². The van der Waals surface area contributed by atoms with Crippen LogP contribution in [0.15, 0.2) is 17.5 Å². The average molecular weight is 344 g/mol. The van der Waals surface area contributed by atoms with E-state index in [1.807, 2.05) is 10.3 Å². The van der Waals surface area contributed by atoms with Crippen LogP contribution in [-0.4, -0.2) is 40.0 Å². The smallest absolute Gasteiger partial charge is 0.269 e. The molecule has 0 spiro atoms. The number of hydrogen-bond acceptors (Lipinski definition) is 4. The predicted octanol–water partition coefficient (Wildman–Crippen LogP) is 2.47. The third kappa shape index (κ3) is 2.84. The van der Waals surface area contributed by atoms with Crippen molar-refractivity contribution >= 4 is 23.2 Å². The Morgan fingerprint density at radius 3 is 2.83 bits per heavy atom. The number of aromatic amines is 1. The van der Waals surface area contributed by atoms with Gasteiger partial charge >= 0.3 is 0 Å². The maximum absolute atomic E-state index is 12.9. The normalized spacial score (nSPS) is 21.0. The molecule has 4 rings (SSSR count). The summed E-state index contributed by atoms with van der Waals surface area (Å²) in [7, 11) is 0. The molecule has 0 radical (unpaired) electrons. The van der Waals surface area contributed by atoms with Crippen molar-refractivity contribution in [3.05, 3.63) is 39.3 Å². The van der Waals surface area contributed by atoms with Crippen LogP contribution < -0.4 is 5.73 Å². The van der Waals surface area contributed by atoms with Crippen LogP contribution >= 0.6 is 11.3 Å². The van der Waals surface area contributed by atoms with Crippen molar-refractivity contribution in [2.24, 2.45) is 5.73 Å². The molecule has 2 aromatic rings. The summed E-state index contributed by atoms with van der Waals surface area (Å²) in [6.45, 7) is 1.44. The van der Waals surface area contributed by atoms with Gasteiger partial charge in [-0.3, -0.25) is 14.7 Å². The molecule has 24 heavy (non-hydrogen) atoms. The van der Waals surface area contributed by atoms with Crippen molar-refractivity contribution < 1.29 is 9.59 Å². The van der Waals surface area contributed by atoms with E-state index >= 15 is 0 Å². The molecular weight excluding hydrogens is 324 g/mol. The minimum Gasteiger partial charge on any atom is -0.364 e. The molecular formula is C17H20N4O2S. The van der Waals surface area contributed by atoms with Gasteiger partial charge in [0.25, 0.3) is 11.8 Å². The Bertz CT molecular complexity index is 777. The zero-order valence-electron chi connectivity index (χ0n) is 13.3. The number of nitrogens with two attached hydrogens (primary N) is 1. The number of nitrogens with zero attached hydrogens (tertiary/aromatic N) is 2. The highest BCUT2D eigenvalue weighted by Gasteiger charge is 2.32. The van der Waals surface area contributed by atoms with Crippen LogP contribution in [0, 0.1) is 0 Å². The van der Waals surface area contributed by atoms with Gasteiger partial charge in [-0.05, 0) is 54.7 Å². The molecule has 126 valence electrons. The number of nitrogens with one attached hydrogen (secondary N) is 1. The lowest BCUT2D eigenvalue weighted by Crippen LogP contribution is -2.39. The molecule has 1 atom stereocenters. The number of piperidine rings is 1. The Balaban J connectivity index is 1.50. The largest absolute Gasteiger partial charge is 0.364 e. The van der Waals surface area contributed by atoms with Crippen molar-refractivity contribution in [1.29, 1.82) is 0 Å². The van der Waals surface area contributed by atoms with Crippen molar-refractivity contribution in [2.45, 2.75) is 37.5 Å². The SMILES string of the molecule is NC(=O)c1cc([C@H]2CCCN(C(=O)c3sccc3C3CC3)C2)[nH]n1. The molecule has 6 nitrogen and oxygen atoms in total. The van der Waals surface area contributed by atoms with E-state index in [4.69, 9.17) is 5.73 Å². The molecule has 3 heterocycles. The van der Waals surface area contributed by atoms with E-state index in [-0.39, 0.29) is 17.5 Å². The zero-order valence-corrected chi connectivity index (χ0v) is 14.1. The molecule has 1 saturated carbocycles. The maximum Gasteiger partial charge on any atom is 0.269 e. The number of H-pyrrole nitrogens is 1. The second-order valence-electron chi connectivity index (χ2n) is 6.64. The molecule has 2 fully saturated rings. The van der Waals surface area contributed by atoms with Crippen molar-refractivity contribution in [2.75, 3.05) is 13.1 Å². The van der Waals surface area contributed by atoms with Gasteiger partial charge in [-0.1, -0.05) is 0 Å². The molecule has 3 N–H and O–H groups in total. The lowest BCUT2D eigenvalue weighted by atomic mass is 9.94. The van der Waals surface area contributed by atoms with E-state index in [9.17, 15) is 9.59 Å². The van der Waals surface area contributed by atoms with E-state index in [2.05, 4.69) is 16.3 Å². The minimum absolute atomic E-state index is 0.145. The fourth-order valence-corrected chi connectivity index (χ4v) is 4.39. The number of carbonyl (C=O) groups excluding carboxylic acids is 2. The van der Waals surface area contributed by atoms with Gasteiger partial charge in [0.05, 0.1) is 4.88 Å². The molecule has 7 heteroatoms. The van der Waals surface area contributed by atoms with Gasteiger partial charge in [-0.2, -0.15) is 5.10 Å². The quantitative estimate of drug-likeness (QED) is 0.892. The fraction of sp³-hybridized carbons (Fsp3) is 0.471. The van der Waals surface area contributed by atoms with Gasteiger partial charge in [0, 0.05) is 24.7 Å². The van der Waals surface area contributed by atoms with E-state index in [0.29, 0.717) is 12.5 Å². The summed E-state index contributed by atoms with van der Waals surface area (Å²) in [5.41, 5.74) is 7.63. The second kappa shape index (κ2) is 6.05. The van der Waals surface area contributed by atoms with Gasteiger partial charge in [0.2, 0.25) is 0 Å². The van der Waals surface area contributed by atoms with Crippen LogP contribution in [0.3, 0.4) is 0 Å². The standard InChI is InChI=1S/C17H20N4O2S/c18-16(22)14-8-13(19-20-14)11-2-1-6-21(9-11)17(23)15-12(5-7-24-15)10-3-4-10/h5,7-8,10-11H,1-4,6,9H2,(H2,18,22)(H,19,20)/t11-/m0/s1. The van der Waals surface area contributed by atoms with Crippen LogP contribution in [0.2, 0.25) is 0 Å². The van der Waals surface area contributed by atoms with Crippen LogP contribution in [0.25, 0.3) is 0 Å². The van der Waals surface area contributed by atoms with Crippen molar-refractivity contribution in [1.82, 2.24) is 15.1 Å². The third-order valence-electron chi connectivity index (χ3n) is 4.91. The van der Waals surface area contributed by atoms with Crippen LogP contribution in [0.1, 0.15) is 68.9 Å². The Labute approximate surface area is 144 Å². The Morgan fingerprint density at radius 1 is 1.29 bits per heavy atom. The summed E-state index contributed by atoms with van der Waals surface area (Å²) in [6.07, 6.45) is 4.32. The Morgan fingerprint density at radius 2 is 2.12 bits per heavy atom. The first kappa shape index (κ1) is 15.4. The molecule has 0 unspecified atom stereocenters. The van der Waals surface area contributed by atoms with E-state index in [1.165, 1.54) is 18.4 Å². The number of amides is 2. The number of aromatic nitrogens is 2. The lowest BCUT2D eigenvalue weighted by Gasteiger charge is -2.32. The lowest BCUT2D eigenvalue weighted by molar-refractivity contribution is 0.0709. The first-order valence-electron chi connectivity index (χ1n) is 8.35. The third-order valence-corrected chi connectivity index (χ3v) is 5.82. The number of carbonyl (C=O) groups is 2. The molecule has 0 aromatic carbocycles. The van der Waals surface area contributed by atoms with Gasteiger partial charge in [-0.25, -0.2) is 0 Å². The van der Waals surface area contributed by atoms with Crippen molar-refractivity contribution in [3.8, 4) is 0 Å². The van der Waals surface area contributed by atoms with Crippen LogP contribution in [-0.2, 0) is 0 Å². The van der Waals surface area contributed by atoms with Crippen molar-refractivity contribution in [3.63, 3.8) is 0 Å². The van der Waals surface area contributed by atoms with Gasteiger partial charge < -0.3 is 10.6 Å². The summed E-state index contributed by atoms with van der Waals surface area (Å²) < 4.78 is 0. The molecule has 1 aliphatic carbocycles. The predicted molar refractivity (Wildman–Crippen MR) is 91.3 cm³/mol. The summed E-state index contributed by atoms with van der Waals surface area (Å²) in [5.74, 6) is 0.370. The molecule has 0 bridgehead atoms. The average Bonchev–Trinajstić information content (AvgIpc) is 3.13. The van der Waals surface area contributed by atoms with E-state index in [0.717, 1.165) is 30.0 Å². The van der Waals surface area contributed by atoms with E-state index in [1.54, 1.807) is 17.4 Å². The molecule has 2 amide bonds. The topological polar surface area (TPSA) is 92.1 Å². The van der Waals surface area contributed by atoms with E-state index < -0.39 is 5.91 Å². The summed E-state index contributed by atoms with van der Waals surface area (Å²) in [5, 5.41) is 8.88. The Kier molecular flexibility index (Phi) is 3.88. The second-order valence-corrected chi connectivity index (χ2v) is 7.56. The number of rotatable bonds is 4. The highest BCUT2D eigenvalue weighted by molar-refractivity contribution is 7.12. The van der Waals surface area contributed by atoms with Crippen LogP contribution in [0.4, 0.5) is 0 Å².